The number of nitrogens with one attached hydrogen (secondary N) is 1. The SMILES string of the molecule is Cc1nccn1-c1ccc(CN=C(N)NCC(C)C)cc1F.I. The van der Waals surface area contributed by atoms with Crippen molar-refractivity contribution >= 4 is 29.9 Å². The van der Waals surface area contributed by atoms with Crippen LogP contribution in [0, 0.1) is 18.7 Å². The molecule has 2 rings (SSSR count). The number of aromatic nitrogens is 2. The molecule has 3 N–H and O–H groups in total. The van der Waals surface area contributed by atoms with Crippen LogP contribution >= 0.6 is 24.0 Å². The van der Waals surface area contributed by atoms with Crippen LogP contribution in [0.15, 0.2) is 35.6 Å². The predicted octanol–water partition coefficient (Wildman–Crippen LogP) is 3.00. The van der Waals surface area contributed by atoms with E-state index in [-0.39, 0.29) is 29.8 Å². The Labute approximate surface area is 153 Å². The normalized spacial score (nSPS) is 11.4. The minimum atomic E-state index is -0.303. The Morgan fingerprint density at radius 1 is 1.43 bits per heavy atom. The summed E-state index contributed by atoms with van der Waals surface area (Å²) < 4.78 is 15.9. The Balaban J connectivity index is 0.00000264. The van der Waals surface area contributed by atoms with Gasteiger partial charge in [0, 0.05) is 18.9 Å². The van der Waals surface area contributed by atoms with Gasteiger partial charge in [-0.3, -0.25) is 0 Å². The highest BCUT2D eigenvalue weighted by Crippen LogP contribution is 2.17. The number of nitrogens with two attached hydrogens (primary N) is 1. The van der Waals surface area contributed by atoms with E-state index in [1.165, 1.54) is 6.07 Å². The Kier molecular flexibility index (Phi) is 7.47. The predicted molar refractivity (Wildman–Crippen MR) is 102 cm³/mol. The highest BCUT2D eigenvalue weighted by atomic mass is 127. The Morgan fingerprint density at radius 3 is 2.74 bits per heavy atom. The van der Waals surface area contributed by atoms with Crippen LogP contribution in [-0.4, -0.2) is 22.1 Å². The number of rotatable bonds is 5. The average molecular weight is 431 g/mol. The van der Waals surface area contributed by atoms with E-state index in [1.807, 2.05) is 13.0 Å². The lowest BCUT2D eigenvalue weighted by molar-refractivity contribution is 0.613. The van der Waals surface area contributed by atoms with E-state index in [0.717, 1.165) is 17.9 Å². The van der Waals surface area contributed by atoms with Gasteiger partial charge in [-0.25, -0.2) is 14.4 Å². The first-order chi connectivity index (χ1) is 10.5. The number of hydrogen-bond donors (Lipinski definition) is 2. The maximum absolute atomic E-state index is 14.2. The van der Waals surface area contributed by atoms with Crippen molar-refractivity contribution in [2.75, 3.05) is 6.54 Å². The smallest absolute Gasteiger partial charge is 0.188 e. The zero-order chi connectivity index (χ0) is 16.1. The van der Waals surface area contributed by atoms with Gasteiger partial charge < -0.3 is 15.6 Å². The quantitative estimate of drug-likeness (QED) is 0.435. The lowest BCUT2D eigenvalue weighted by Gasteiger charge is -2.09. The third kappa shape index (κ3) is 5.49. The summed E-state index contributed by atoms with van der Waals surface area (Å²) >= 11 is 0. The molecule has 1 aromatic carbocycles. The van der Waals surface area contributed by atoms with Crippen LogP contribution in [0.2, 0.25) is 0 Å². The standard InChI is InChI=1S/C16H22FN5.HI/c1-11(2)9-20-16(18)21-10-13-4-5-15(14(17)8-13)22-7-6-19-12(22)3;/h4-8,11H,9-10H2,1-3H3,(H3,18,20,21);1H. The lowest BCUT2D eigenvalue weighted by Crippen LogP contribution is -2.34. The van der Waals surface area contributed by atoms with Crippen LogP contribution in [0.25, 0.3) is 5.69 Å². The molecule has 0 atom stereocenters. The van der Waals surface area contributed by atoms with Crippen molar-refractivity contribution in [1.29, 1.82) is 0 Å². The third-order valence-electron chi connectivity index (χ3n) is 3.22. The lowest BCUT2D eigenvalue weighted by atomic mass is 10.2. The first-order valence-corrected chi connectivity index (χ1v) is 7.30. The van der Waals surface area contributed by atoms with Gasteiger partial charge in [-0.05, 0) is 30.5 Å². The molecule has 0 fully saturated rings. The van der Waals surface area contributed by atoms with Crippen LogP contribution < -0.4 is 11.1 Å². The van der Waals surface area contributed by atoms with E-state index in [0.29, 0.717) is 24.1 Å². The van der Waals surface area contributed by atoms with E-state index < -0.39 is 0 Å². The first kappa shape index (κ1) is 19.4. The second-order valence-electron chi connectivity index (χ2n) is 5.61. The van der Waals surface area contributed by atoms with E-state index in [9.17, 15) is 4.39 Å². The van der Waals surface area contributed by atoms with Crippen LogP contribution in [-0.2, 0) is 6.54 Å². The topological polar surface area (TPSA) is 68.2 Å². The first-order valence-electron chi connectivity index (χ1n) is 7.30. The largest absolute Gasteiger partial charge is 0.370 e. The van der Waals surface area contributed by atoms with Crippen molar-refractivity contribution in [2.45, 2.75) is 27.3 Å². The number of guanidine groups is 1. The van der Waals surface area contributed by atoms with Gasteiger partial charge in [0.05, 0.1) is 12.2 Å². The van der Waals surface area contributed by atoms with Crippen molar-refractivity contribution in [3.05, 3.63) is 47.8 Å². The minimum Gasteiger partial charge on any atom is -0.370 e. The fourth-order valence-corrected chi connectivity index (χ4v) is 2.02. The fourth-order valence-electron chi connectivity index (χ4n) is 2.02. The van der Waals surface area contributed by atoms with Gasteiger partial charge in [0.25, 0.3) is 0 Å². The summed E-state index contributed by atoms with van der Waals surface area (Å²) in [6.07, 6.45) is 3.38. The zero-order valence-electron chi connectivity index (χ0n) is 13.6. The van der Waals surface area contributed by atoms with Gasteiger partial charge in [0.1, 0.15) is 11.6 Å². The molecule has 0 saturated carbocycles. The van der Waals surface area contributed by atoms with Crippen LogP contribution in [0.1, 0.15) is 25.2 Å². The maximum Gasteiger partial charge on any atom is 0.188 e. The molecule has 23 heavy (non-hydrogen) atoms. The average Bonchev–Trinajstić information content (AvgIpc) is 2.89. The monoisotopic (exact) mass is 431 g/mol. The second kappa shape index (κ2) is 8.85. The summed E-state index contributed by atoms with van der Waals surface area (Å²) in [4.78, 5) is 8.32. The molecule has 2 aromatic rings. The fraction of sp³-hybridized carbons (Fsp3) is 0.375. The summed E-state index contributed by atoms with van der Waals surface area (Å²) in [7, 11) is 0. The molecular formula is C16H23FIN5. The minimum absolute atomic E-state index is 0. The molecule has 0 aliphatic rings. The molecule has 126 valence electrons. The highest BCUT2D eigenvalue weighted by molar-refractivity contribution is 14.0. The Morgan fingerprint density at radius 2 is 2.17 bits per heavy atom. The molecule has 0 bridgehead atoms. The van der Waals surface area contributed by atoms with Gasteiger partial charge in [-0.2, -0.15) is 0 Å². The van der Waals surface area contributed by atoms with Gasteiger partial charge in [0.2, 0.25) is 0 Å². The number of aryl methyl sites for hydroxylation is 1. The zero-order valence-corrected chi connectivity index (χ0v) is 15.9. The molecule has 1 aromatic heterocycles. The van der Waals surface area contributed by atoms with Gasteiger partial charge in [-0.15, -0.1) is 24.0 Å². The molecule has 7 heteroatoms. The number of aliphatic imine (C=N–C) groups is 1. The van der Waals surface area contributed by atoms with Crippen molar-refractivity contribution < 1.29 is 4.39 Å². The number of hydrogen-bond acceptors (Lipinski definition) is 2. The molecule has 0 saturated heterocycles. The van der Waals surface area contributed by atoms with E-state index in [2.05, 4.69) is 29.1 Å². The number of imidazole rings is 1. The summed E-state index contributed by atoms with van der Waals surface area (Å²) in [5.41, 5.74) is 7.02. The second-order valence-corrected chi connectivity index (χ2v) is 5.61. The van der Waals surface area contributed by atoms with Crippen molar-refractivity contribution in [3.63, 3.8) is 0 Å². The van der Waals surface area contributed by atoms with Gasteiger partial charge in [-0.1, -0.05) is 19.9 Å². The molecule has 0 aliphatic heterocycles. The molecule has 0 amide bonds. The van der Waals surface area contributed by atoms with Crippen molar-refractivity contribution in [2.24, 2.45) is 16.6 Å². The van der Waals surface area contributed by atoms with E-state index >= 15 is 0 Å². The molecule has 0 aliphatic carbocycles. The third-order valence-corrected chi connectivity index (χ3v) is 3.22. The number of halogens is 2. The maximum atomic E-state index is 14.2. The van der Waals surface area contributed by atoms with Crippen LogP contribution in [0.5, 0.6) is 0 Å². The molecule has 0 radical (unpaired) electrons. The summed E-state index contributed by atoms with van der Waals surface area (Å²) in [6.45, 7) is 7.12. The van der Waals surface area contributed by atoms with E-state index in [1.54, 1.807) is 23.0 Å². The highest BCUT2D eigenvalue weighted by Gasteiger charge is 2.07. The Hall–Kier alpha value is -1.64. The molecular weight excluding hydrogens is 408 g/mol. The van der Waals surface area contributed by atoms with E-state index in [4.69, 9.17) is 5.73 Å². The summed E-state index contributed by atoms with van der Waals surface area (Å²) in [6, 6.07) is 5.05. The van der Waals surface area contributed by atoms with Crippen LogP contribution in [0.3, 0.4) is 0 Å². The van der Waals surface area contributed by atoms with Gasteiger partial charge in [0.15, 0.2) is 5.96 Å². The molecule has 5 nitrogen and oxygen atoms in total. The molecule has 0 spiro atoms. The summed E-state index contributed by atoms with van der Waals surface area (Å²) in [5.74, 6) is 1.31. The molecule has 0 unspecified atom stereocenters. The van der Waals surface area contributed by atoms with Crippen molar-refractivity contribution in [3.8, 4) is 5.69 Å². The van der Waals surface area contributed by atoms with Gasteiger partial charge >= 0.3 is 0 Å². The summed E-state index contributed by atoms with van der Waals surface area (Å²) in [5, 5.41) is 3.03. The van der Waals surface area contributed by atoms with Crippen molar-refractivity contribution in [1.82, 2.24) is 14.9 Å². The molecule has 1 heterocycles. The Bertz CT molecular complexity index is 666. The van der Waals surface area contributed by atoms with Crippen LogP contribution in [0.4, 0.5) is 4.39 Å². The number of benzene rings is 1. The number of nitrogens with zero attached hydrogens (tertiary/aromatic N) is 3.